The fourth-order valence-electron chi connectivity index (χ4n) is 5.30. The van der Waals surface area contributed by atoms with Gasteiger partial charge in [-0.15, -0.1) is 6.42 Å². The van der Waals surface area contributed by atoms with Crippen LogP contribution in [-0.2, 0) is 0 Å². The fourth-order valence-corrected chi connectivity index (χ4v) is 5.30. The molecular weight excluding hydrogens is 498 g/mol. The molecule has 0 radical (unpaired) electrons. The average molecular weight is 520 g/mol. The van der Waals surface area contributed by atoms with Crippen LogP contribution in [0.15, 0.2) is 24.3 Å². The second kappa shape index (κ2) is 9.24. The molecule has 4 heterocycles. The first-order valence-corrected chi connectivity index (χ1v) is 12.1. The van der Waals surface area contributed by atoms with Crippen LogP contribution >= 0.6 is 0 Å². The number of hydrogen-bond donors (Lipinski definition) is 3. The maximum absolute atomic E-state index is 16.4. The molecule has 0 saturated carbocycles. The fraction of sp³-hybridized carbons (Fsp3) is 0.296. The highest BCUT2D eigenvalue weighted by atomic mass is 19.1. The molecule has 0 aliphatic carbocycles. The Bertz CT molecular complexity index is 1640. The van der Waals surface area contributed by atoms with Gasteiger partial charge in [0, 0.05) is 17.5 Å². The SMILES string of the molecule is C#Cc1c(F)ccc2cc(O)cc(-c3nc4c5c(nc(OC(O)O)nc5c3F)N3CCCCCC3CO4)c12. The Morgan fingerprint density at radius 2 is 1.95 bits per heavy atom. The summed E-state index contributed by atoms with van der Waals surface area (Å²) in [5, 5.41) is 30.0. The van der Waals surface area contributed by atoms with Gasteiger partial charge in [-0.3, -0.25) is 0 Å². The smallest absolute Gasteiger partial charge is 0.323 e. The predicted octanol–water partition coefficient (Wildman–Crippen LogP) is 3.60. The Morgan fingerprint density at radius 1 is 1.11 bits per heavy atom. The Balaban J connectivity index is 1.69. The van der Waals surface area contributed by atoms with Gasteiger partial charge in [-0.1, -0.05) is 24.8 Å². The number of phenols is 1. The number of ether oxygens (including phenoxy) is 2. The van der Waals surface area contributed by atoms with Gasteiger partial charge in [0.05, 0.1) is 11.6 Å². The molecular formula is C27H22F2N4O5. The molecule has 38 heavy (non-hydrogen) atoms. The largest absolute Gasteiger partial charge is 0.508 e. The maximum atomic E-state index is 16.4. The molecule has 1 saturated heterocycles. The molecule has 9 nitrogen and oxygen atoms in total. The van der Waals surface area contributed by atoms with E-state index in [0.717, 1.165) is 25.7 Å². The van der Waals surface area contributed by atoms with Crippen LogP contribution in [0.3, 0.4) is 0 Å². The molecule has 1 unspecified atom stereocenters. The standard InChI is InChI=1S/C27H22F2N4O5/c1-2-16-18(28)8-7-13-10-15(34)11-17(19(13)16)22-21(29)23-20-24(32-26(31-23)38-27(35)36)33-9-5-3-4-6-14(33)12-37-25(20)30-22/h1,7-8,10-11,14,27,34-36H,3-6,9,12H2. The highest BCUT2D eigenvalue weighted by molar-refractivity contribution is 6.04. The topological polar surface area (TPSA) is 121 Å². The van der Waals surface area contributed by atoms with E-state index in [2.05, 4.69) is 20.9 Å². The number of rotatable bonds is 3. The zero-order valence-electron chi connectivity index (χ0n) is 20.0. The number of aliphatic hydroxyl groups is 2. The first-order chi connectivity index (χ1) is 18.4. The van der Waals surface area contributed by atoms with Crippen LogP contribution in [0, 0.1) is 24.0 Å². The summed E-state index contributed by atoms with van der Waals surface area (Å²) < 4.78 is 42.1. The second-order valence-corrected chi connectivity index (χ2v) is 9.24. The van der Waals surface area contributed by atoms with Gasteiger partial charge in [0.25, 0.3) is 0 Å². The lowest BCUT2D eigenvalue weighted by atomic mass is 9.95. The van der Waals surface area contributed by atoms with Crippen molar-refractivity contribution in [3.05, 3.63) is 41.5 Å². The van der Waals surface area contributed by atoms with Gasteiger partial charge in [-0.05, 0) is 36.4 Å². The summed E-state index contributed by atoms with van der Waals surface area (Å²) in [4.78, 5) is 15.0. The van der Waals surface area contributed by atoms with E-state index in [1.54, 1.807) is 0 Å². The molecule has 0 bridgehead atoms. The Hall–Kier alpha value is -4.27. The van der Waals surface area contributed by atoms with Gasteiger partial charge in [0.2, 0.25) is 5.88 Å². The third kappa shape index (κ3) is 3.89. The van der Waals surface area contributed by atoms with Crippen LogP contribution in [0.1, 0.15) is 31.2 Å². The van der Waals surface area contributed by atoms with Crippen LogP contribution in [0.5, 0.6) is 17.6 Å². The summed E-state index contributed by atoms with van der Waals surface area (Å²) in [6.07, 6.45) is 9.26. The van der Waals surface area contributed by atoms with E-state index in [-0.39, 0.29) is 57.4 Å². The van der Waals surface area contributed by atoms with Gasteiger partial charge in [0.15, 0.2) is 5.82 Å². The summed E-state index contributed by atoms with van der Waals surface area (Å²) in [6.45, 7) is -1.37. The van der Waals surface area contributed by atoms with E-state index >= 15 is 4.39 Å². The summed E-state index contributed by atoms with van der Waals surface area (Å²) in [7, 11) is 0. The third-order valence-electron chi connectivity index (χ3n) is 6.94. The molecule has 0 spiro atoms. The molecule has 1 atom stereocenters. The molecule has 0 amide bonds. The Morgan fingerprint density at radius 3 is 2.74 bits per heavy atom. The number of aliphatic hydroxyl groups excluding tert-OH is 1. The molecule has 2 aromatic heterocycles. The maximum Gasteiger partial charge on any atom is 0.323 e. The number of benzene rings is 2. The van der Waals surface area contributed by atoms with Gasteiger partial charge >= 0.3 is 12.5 Å². The number of pyridine rings is 1. The minimum absolute atomic E-state index is 0.0373. The van der Waals surface area contributed by atoms with Crippen molar-refractivity contribution >= 4 is 27.5 Å². The number of fused-ring (bicyclic) bond motifs is 3. The first-order valence-electron chi connectivity index (χ1n) is 12.1. The Kier molecular flexibility index (Phi) is 5.86. The van der Waals surface area contributed by atoms with Gasteiger partial charge in [-0.2, -0.15) is 9.97 Å². The summed E-state index contributed by atoms with van der Waals surface area (Å²) in [5.41, 5.74) is -0.608. The molecule has 3 N–H and O–H groups in total. The summed E-state index contributed by atoms with van der Waals surface area (Å²) >= 11 is 0. The van der Waals surface area contributed by atoms with Crippen molar-refractivity contribution in [3.8, 4) is 41.2 Å². The number of phenolic OH excluding ortho intramolecular Hbond substituents is 1. The molecule has 2 aliphatic heterocycles. The molecule has 11 heteroatoms. The molecule has 2 aromatic carbocycles. The van der Waals surface area contributed by atoms with E-state index in [9.17, 15) is 19.7 Å². The zero-order valence-corrected chi connectivity index (χ0v) is 20.0. The van der Waals surface area contributed by atoms with Crippen LogP contribution in [0.2, 0.25) is 0 Å². The van der Waals surface area contributed by atoms with E-state index < -0.39 is 24.1 Å². The highest BCUT2D eigenvalue weighted by Crippen LogP contribution is 2.43. The molecule has 194 valence electrons. The van der Waals surface area contributed by atoms with E-state index in [1.165, 1.54) is 24.3 Å². The zero-order chi connectivity index (χ0) is 26.6. The van der Waals surface area contributed by atoms with Gasteiger partial charge in [-0.25, -0.2) is 13.8 Å². The van der Waals surface area contributed by atoms with Crippen LogP contribution < -0.4 is 14.4 Å². The molecule has 6 rings (SSSR count). The van der Waals surface area contributed by atoms with Crippen molar-refractivity contribution < 1.29 is 33.6 Å². The number of aromatic hydroxyl groups is 1. The summed E-state index contributed by atoms with van der Waals surface area (Å²) in [5.74, 6) is 0.833. The van der Waals surface area contributed by atoms with Crippen molar-refractivity contribution in [1.29, 1.82) is 0 Å². The predicted molar refractivity (Wildman–Crippen MR) is 134 cm³/mol. The number of hydrogen-bond acceptors (Lipinski definition) is 9. The van der Waals surface area contributed by atoms with E-state index in [0.29, 0.717) is 17.7 Å². The highest BCUT2D eigenvalue weighted by Gasteiger charge is 2.33. The normalized spacial score (nSPS) is 17.1. The lowest BCUT2D eigenvalue weighted by Crippen LogP contribution is -2.38. The van der Waals surface area contributed by atoms with Gasteiger partial charge < -0.3 is 29.7 Å². The average Bonchev–Trinajstić information content (AvgIpc) is 3.20. The third-order valence-corrected chi connectivity index (χ3v) is 6.94. The lowest BCUT2D eigenvalue weighted by Gasteiger charge is -2.29. The van der Waals surface area contributed by atoms with E-state index in [1.807, 2.05) is 4.90 Å². The number of terminal acetylenes is 1. The van der Waals surface area contributed by atoms with Crippen molar-refractivity contribution in [2.75, 3.05) is 18.1 Å². The Labute approximate surface area is 215 Å². The molecule has 1 fully saturated rings. The van der Waals surface area contributed by atoms with Crippen LogP contribution in [-0.4, -0.2) is 55.9 Å². The van der Waals surface area contributed by atoms with Gasteiger partial charge in [0.1, 0.15) is 40.6 Å². The number of nitrogens with zero attached hydrogens (tertiary/aromatic N) is 4. The second-order valence-electron chi connectivity index (χ2n) is 9.24. The van der Waals surface area contributed by atoms with Crippen molar-refractivity contribution in [1.82, 2.24) is 15.0 Å². The van der Waals surface area contributed by atoms with E-state index in [4.69, 9.17) is 15.9 Å². The lowest BCUT2D eigenvalue weighted by molar-refractivity contribution is -0.183. The molecule has 2 aliphatic rings. The number of aromatic nitrogens is 3. The minimum atomic E-state index is -2.23. The van der Waals surface area contributed by atoms with Crippen molar-refractivity contribution in [2.24, 2.45) is 0 Å². The minimum Gasteiger partial charge on any atom is -0.508 e. The number of halogens is 2. The summed E-state index contributed by atoms with van der Waals surface area (Å²) in [6, 6.07) is 4.68. The van der Waals surface area contributed by atoms with Crippen molar-refractivity contribution in [3.63, 3.8) is 0 Å². The van der Waals surface area contributed by atoms with Crippen molar-refractivity contribution in [2.45, 2.75) is 38.2 Å². The quantitative estimate of drug-likeness (QED) is 0.275. The number of anilines is 1. The van der Waals surface area contributed by atoms with Crippen LogP contribution in [0.4, 0.5) is 14.6 Å². The molecule has 4 aromatic rings. The monoisotopic (exact) mass is 520 g/mol. The first kappa shape index (κ1) is 24.1. The van der Waals surface area contributed by atoms with Crippen LogP contribution in [0.25, 0.3) is 32.9 Å².